The standard InChI is InChI=1S/C17H22N2O5/c1-11(2)8-17(3)9-15(21)18(16(17)22)10-14(20)12-5-4-6-13(7-12)19(23)24/h4-7,11,14,20H,8-10H2,1-3H3/t14-,17-/m1/s1. The van der Waals surface area contributed by atoms with Gasteiger partial charge in [-0.2, -0.15) is 0 Å². The van der Waals surface area contributed by atoms with Crippen molar-refractivity contribution in [3.05, 3.63) is 39.9 Å². The number of hydrogen-bond donors (Lipinski definition) is 1. The zero-order valence-electron chi connectivity index (χ0n) is 14.1. The fourth-order valence-corrected chi connectivity index (χ4v) is 3.31. The van der Waals surface area contributed by atoms with Gasteiger partial charge in [-0.3, -0.25) is 24.6 Å². The minimum Gasteiger partial charge on any atom is -0.387 e. The first kappa shape index (κ1) is 18.1. The predicted octanol–water partition coefficient (Wildman–Crippen LogP) is 2.44. The Morgan fingerprint density at radius 2 is 2.04 bits per heavy atom. The van der Waals surface area contributed by atoms with Crippen molar-refractivity contribution in [1.29, 1.82) is 0 Å². The number of benzene rings is 1. The van der Waals surface area contributed by atoms with Crippen LogP contribution < -0.4 is 0 Å². The van der Waals surface area contributed by atoms with Gasteiger partial charge in [-0.05, 0) is 17.9 Å². The predicted molar refractivity (Wildman–Crippen MR) is 87.0 cm³/mol. The van der Waals surface area contributed by atoms with Gasteiger partial charge < -0.3 is 5.11 Å². The molecule has 2 amide bonds. The molecule has 1 fully saturated rings. The average molecular weight is 334 g/mol. The van der Waals surface area contributed by atoms with Crippen molar-refractivity contribution in [2.45, 2.75) is 39.7 Å². The number of nitrogens with zero attached hydrogens (tertiary/aromatic N) is 2. The third-order valence-electron chi connectivity index (χ3n) is 4.28. The van der Waals surface area contributed by atoms with E-state index < -0.39 is 16.4 Å². The Hall–Kier alpha value is -2.28. The summed E-state index contributed by atoms with van der Waals surface area (Å²) in [4.78, 5) is 36.1. The molecule has 0 aromatic heterocycles. The molecule has 0 spiro atoms. The summed E-state index contributed by atoms with van der Waals surface area (Å²) in [6.07, 6.45) is -0.425. The molecule has 2 atom stereocenters. The number of aliphatic hydroxyl groups excluding tert-OH is 1. The summed E-state index contributed by atoms with van der Waals surface area (Å²) in [6, 6.07) is 5.58. The molecule has 0 bridgehead atoms. The summed E-state index contributed by atoms with van der Waals surface area (Å²) >= 11 is 0. The van der Waals surface area contributed by atoms with Crippen molar-refractivity contribution >= 4 is 17.5 Å². The molecular weight excluding hydrogens is 312 g/mol. The third kappa shape index (κ3) is 3.62. The van der Waals surface area contributed by atoms with Crippen LogP contribution in [0.5, 0.6) is 0 Å². The second-order valence-electron chi connectivity index (χ2n) is 7.01. The minimum absolute atomic E-state index is 0.131. The highest BCUT2D eigenvalue weighted by atomic mass is 16.6. The minimum atomic E-state index is -1.15. The normalized spacial score (nSPS) is 22.3. The second-order valence-corrected chi connectivity index (χ2v) is 7.01. The number of nitro benzene ring substituents is 1. The Bertz CT molecular complexity index is 673. The van der Waals surface area contributed by atoms with E-state index >= 15 is 0 Å². The van der Waals surface area contributed by atoms with Crippen molar-refractivity contribution < 1.29 is 19.6 Å². The number of hydrogen-bond acceptors (Lipinski definition) is 5. The molecular formula is C17H22N2O5. The lowest BCUT2D eigenvalue weighted by atomic mass is 9.80. The Morgan fingerprint density at radius 1 is 1.38 bits per heavy atom. The van der Waals surface area contributed by atoms with E-state index in [2.05, 4.69) is 0 Å². The van der Waals surface area contributed by atoms with Crippen molar-refractivity contribution in [2.75, 3.05) is 6.54 Å². The van der Waals surface area contributed by atoms with Crippen molar-refractivity contribution in [1.82, 2.24) is 4.90 Å². The monoisotopic (exact) mass is 334 g/mol. The summed E-state index contributed by atoms with van der Waals surface area (Å²) in [6.45, 7) is 5.56. The van der Waals surface area contributed by atoms with Crippen LogP contribution in [0.4, 0.5) is 5.69 Å². The van der Waals surface area contributed by atoms with E-state index in [1.165, 1.54) is 24.3 Å². The Labute approximate surface area is 140 Å². The number of carbonyl (C=O) groups excluding carboxylic acids is 2. The summed E-state index contributed by atoms with van der Waals surface area (Å²) in [5.41, 5.74) is -0.578. The molecule has 0 radical (unpaired) electrons. The van der Waals surface area contributed by atoms with Gasteiger partial charge in [-0.15, -0.1) is 0 Å². The lowest BCUT2D eigenvalue weighted by Crippen LogP contribution is -2.37. The van der Waals surface area contributed by atoms with E-state index in [4.69, 9.17) is 0 Å². The maximum Gasteiger partial charge on any atom is 0.269 e. The summed E-state index contributed by atoms with van der Waals surface area (Å²) < 4.78 is 0. The highest BCUT2D eigenvalue weighted by molar-refractivity contribution is 6.05. The van der Waals surface area contributed by atoms with Gasteiger partial charge in [-0.25, -0.2) is 0 Å². The van der Waals surface area contributed by atoms with E-state index in [1.807, 2.05) is 13.8 Å². The van der Waals surface area contributed by atoms with Crippen molar-refractivity contribution in [3.8, 4) is 0 Å². The van der Waals surface area contributed by atoms with Crippen molar-refractivity contribution in [3.63, 3.8) is 0 Å². The molecule has 7 heteroatoms. The summed E-state index contributed by atoms with van der Waals surface area (Å²) in [5.74, 6) is -0.327. The molecule has 0 saturated carbocycles. The Kier molecular flexibility index (Phi) is 5.03. The van der Waals surface area contributed by atoms with Gasteiger partial charge in [0.2, 0.25) is 11.8 Å². The Morgan fingerprint density at radius 3 is 2.62 bits per heavy atom. The quantitative estimate of drug-likeness (QED) is 0.489. The molecule has 1 aliphatic rings. The molecule has 1 aromatic rings. The number of amides is 2. The molecule has 2 rings (SSSR count). The SMILES string of the molecule is CC(C)C[C@]1(C)CC(=O)N(C[C@@H](O)c2cccc([N+](=O)[O-])c2)C1=O. The zero-order chi connectivity index (χ0) is 18.1. The van der Waals surface area contributed by atoms with Crippen LogP contribution in [-0.4, -0.2) is 33.3 Å². The van der Waals surface area contributed by atoms with Crippen LogP contribution in [0.25, 0.3) is 0 Å². The van der Waals surface area contributed by atoms with Crippen LogP contribution >= 0.6 is 0 Å². The smallest absolute Gasteiger partial charge is 0.269 e. The topological polar surface area (TPSA) is 101 Å². The van der Waals surface area contributed by atoms with Gasteiger partial charge in [0.05, 0.1) is 23.0 Å². The van der Waals surface area contributed by atoms with Crippen LogP contribution in [0.2, 0.25) is 0 Å². The summed E-state index contributed by atoms with van der Waals surface area (Å²) in [5, 5.41) is 21.1. The number of aliphatic hydroxyl groups is 1. The van der Waals surface area contributed by atoms with Crippen LogP contribution in [-0.2, 0) is 9.59 Å². The molecule has 1 heterocycles. The largest absolute Gasteiger partial charge is 0.387 e. The van der Waals surface area contributed by atoms with E-state index in [0.29, 0.717) is 12.0 Å². The van der Waals surface area contributed by atoms with Crippen LogP contribution in [0.3, 0.4) is 0 Å². The molecule has 130 valence electrons. The van der Waals surface area contributed by atoms with Crippen molar-refractivity contribution in [2.24, 2.45) is 11.3 Å². The number of imide groups is 1. The zero-order valence-corrected chi connectivity index (χ0v) is 14.1. The number of β-amino-alcohol motifs (C(OH)–C–C–N with tert-alkyl or cyclic N) is 1. The highest BCUT2D eigenvalue weighted by Gasteiger charge is 2.48. The second kappa shape index (κ2) is 6.68. The fraction of sp³-hybridized carbons (Fsp3) is 0.529. The molecule has 1 aromatic carbocycles. The number of nitro groups is 1. The van der Waals surface area contributed by atoms with E-state index in [-0.39, 0.29) is 36.4 Å². The number of non-ortho nitro benzene ring substituents is 1. The highest BCUT2D eigenvalue weighted by Crippen LogP contribution is 2.39. The van der Waals surface area contributed by atoms with Gasteiger partial charge in [0.25, 0.3) is 5.69 Å². The number of carbonyl (C=O) groups is 2. The van der Waals surface area contributed by atoms with E-state index in [1.54, 1.807) is 6.92 Å². The molecule has 7 nitrogen and oxygen atoms in total. The third-order valence-corrected chi connectivity index (χ3v) is 4.28. The van der Waals surface area contributed by atoms with Gasteiger partial charge in [0.1, 0.15) is 0 Å². The first-order valence-corrected chi connectivity index (χ1v) is 7.91. The van der Waals surface area contributed by atoms with Crippen LogP contribution in [0, 0.1) is 21.4 Å². The van der Waals surface area contributed by atoms with E-state index in [9.17, 15) is 24.8 Å². The van der Waals surface area contributed by atoms with Gasteiger partial charge in [0.15, 0.2) is 0 Å². The maximum atomic E-state index is 12.6. The number of rotatable bonds is 6. The lowest BCUT2D eigenvalue weighted by Gasteiger charge is -2.25. The number of likely N-dealkylation sites (tertiary alicyclic amines) is 1. The lowest BCUT2D eigenvalue weighted by molar-refractivity contribution is -0.385. The molecule has 0 aliphatic carbocycles. The first-order valence-electron chi connectivity index (χ1n) is 7.91. The fourth-order valence-electron chi connectivity index (χ4n) is 3.31. The van der Waals surface area contributed by atoms with E-state index in [0.717, 1.165) is 4.90 Å². The first-order chi connectivity index (χ1) is 11.1. The Balaban J connectivity index is 2.15. The molecule has 1 N–H and O–H groups in total. The van der Waals surface area contributed by atoms with Crippen LogP contribution in [0.15, 0.2) is 24.3 Å². The summed E-state index contributed by atoms with van der Waals surface area (Å²) in [7, 11) is 0. The van der Waals surface area contributed by atoms with Gasteiger partial charge in [0, 0.05) is 18.6 Å². The van der Waals surface area contributed by atoms with Crippen LogP contribution in [0.1, 0.15) is 45.3 Å². The van der Waals surface area contributed by atoms with Gasteiger partial charge in [-0.1, -0.05) is 32.9 Å². The van der Waals surface area contributed by atoms with Gasteiger partial charge >= 0.3 is 0 Å². The maximum absolute atomic E-state index is 12.6. The molecule has 24 heavy (non-hydrogen) atoms. The molecule has 1 saturated heterocycles. The molecule has 0 unspecified atom stereocenters. The average Bonchev–Trinajstić information content (AvgIpc) is 2.69. The molecule has 1 aliphatic heterocycles.